The Hall–Kier alpha value is -3.24. The SMILES string of the molecule is CCN(CC)S(=O)(=O)c1ccc(O)c(NC(=O)c2c(C)nn(-c3ccc(F)cc3)c2C)c1. The predicted octanol–water partition coefficient (Wildman–Crippen LogP) is 3.62. The summed E-state index contributed by atoms with van der Waals surface area (Å²) in [6, 6.07) is 9.44. The molecule has 0 saturated heterocycles. The number of nitrogens with zero attached hydrogens (tertiary/aromatic N) is 3. The maximum atomic E-state index is 13.2. The molecule has 0 aliphatic rings. The Morgan fingerprint density at radius 1 is 1.12 bits per heavy atom. The maximum Gasteiger partial charge on any atom is 0.259 e. The second kappa shape index (κ2) is 9.09. The van der Waals surface area contributed by atoms with E-state index in [1.54, 1.807) is 39.8 Å². The van der Waals surface area contributed by atoms with Gasteiger partial charge in [0.15, 0.2) is 0 Å². The van der Waals surface area contributed by atoms with E-state index in [9.17, 15) is 22.7 Å². The Morgan fingerprint density at radius 3 is 2.34 bits per heavy atom. The van der Waals surface area contributed by atoms with Gasteiger partial charge in [-0.2, -0.15) is 9.40 Å². The Balaban J connectivity index is 1.95. The van der Waals surface area contributed by atoms with Gasteiger partial charge >= 0.3 is 0 Å². The summed E-state index contributed by atoms with van der Waals surface area (Å²) >= 11 is 0. The van der Waals surface area contributed by atoms with Crippen LogP contribution >= 0.6 is 0 Å². The Kier molecular flexibility index (Phi) is 6.65. The number of anilines is 1. The smallest absolute Gasteiger partial charge is 0.259 e. The van der Waals surface area contributed by atoms with Crippen LogP contribution in [-0.4, -0.2) is 46.6 Å². The number of carbonyl (C=O) groups excluding carboxylic acids is 1. The highest BCUT2D eigenvalue weighted by molar-refractivity contribution is 7.89. The number of halogens is 1. The molecule has 0 spiro atoms. The molecule has 0 aliphatic carbocycles. The number of aromatic nitrogens is 2. The maximum absolute atomic E-state index is 13.2. The van der Waals surface area contributed by atoms with Crippen LogP contribution in [0.5, 0.6) is 5.75 Å². The van der Waals surface area contributed by atoms with Crippen LogP contribution in [0.15, 0.2) is 47.4 Å². The molecule has 170 valence electrons. The molecule has 2 N–H and O–H groups in total. The molecule has 0 saturated carbocycles. The first-order valence-corrected chi connectivity index (χ1v) is 11.5. The fraction of sp³-hybridized carbons (Fsp3) is 0.273. The van der Waals surface area contributed by atoms with Crippen molar-refractivity contribution in [1.29, 1.82) is 0 Å². The summed E-state index contributed by atoms with van der Waals surface area (Å²) in [6.45, 7) is 7.40. The van der Waals surface area contributed by atoms with E-state index in [0.29, 0.717) is 30.2 Å². The fourth-order valence-corrected chi connectivity index (χ4v) is 4.96. The Bertz CT molecular complexity index is 1250. The lowest BCUT2D eigenvalue weighted by Crippen LogP contribution is -2.30. The number of hydrogen-bond donors (Lipinski definition) is 2. The number of benzene rings is 2. The Labute approximate surface area is 186 Å². The van der Waals surface area contributed by atoms with E-state index in [4.69, 9.17) is 0 Å². The average Bonchev–Trinajstić information content (AvgIpc) is 3.04. The van der Waals surface area contributed by atoms with E-state index in [-0.39, 0.29) is 27.7 Å². The third-order valence-corrected chi connectivity index (χ3v) is 7.19. The van der Waals surface area contributed by atoms with Crippen LogP contribution in [0.4, 0.5) is 10.1 Å². The van der Waals surface area contributed by atoms with Crippen LogP contribution in [0.1, 0.15) is 35.6 Å². The molecule has 10 heteroatoms. The zero-order valence-electron chi connectivity index (χ0n) is 18.3. The van der Waals surface area contributed by atoms with Crippen molar-refractivity contribution >= 4 is 21.6 Å². The van der Waals surface area contributed by atoms with Crippen molar-refractivity contribution < 1.29 is 22.7 Å². The highest BCUT2D eigenvalue weighted by Crippen LogP contribution is 2.29. The number of carbonyl (C=O) groups is 1. The monoisotopic (exact) mass is 460 g/mol. The number of hydrogen-bond acceptors (Lipinski definition) is 5. The van der Waals surface area contributed by atoms with Gasteiger partial charge in [0, 0.05) is 13.1 Å². The van der Waals surface area contributed by atoms with Gasteiger partial charge in [-0.25, -0.2) is 17.5 Å². The standard InChI is InChI=1S/C22H25FN4O4S/c1-5-26(6-2)32(30,31)18-11-12-20(28)19(13-18)24-22(29)21-14(3)25-27(15(21)4)17-9-7-16(23)8-10-17/h7-13,28H,5-6H2,1-4H3,(H,24,29). The van der Waals surface area contributed by atoms with E-state index in [2.05, 4.69) is 10.4 Å². The second-order valence-corrected chi connectivity index (χ2v) is 9.09. The van der Waals surface area contributed by atoms with Gasteiger partial charge in [-0.1, -0.05) is 13.8 Å². The van der Waals surface area contributed by atoms with Crippen LogP contribution in [-0.2, 0) is 10.0 Å². The van der Waals surface area contributed by atoms with Crippen molar-refractivity contribution in [3.8, 4) is 11.4 Å². The first-order valence-electron chi connectivity index (χ1n) is 10.1. The van der Waals surface area contributed by atoms with E-state index in [0.717, 1.165) is 0 Å². The van der Waals surface area contributed by atoms with Gasteiger partial charge in [-0.05, 0) is 56.3 Å². The Morgan fingerprint density at radius 2 is 1.75 bits per heavy atom. The lowest BCUT2D eigenvalue weighted by molar-refractivity contribution is 0.102. The van der Waals surface area contributed by atoms with Gasteiger partial charge in [0.25, 0.3) is 5.91 Å². The molecule has 0 bridgehead atoms. The topological polar surface area (TPSA) is 105 Å². The van der Waals surface area contributed by atoms with Gasteiger partial charge < -0.3 is 10.4 Å². The summed E-state index contributed by atoms with van der Waals surface area (Å²) in [5.74, 6) is -1.21. The third kappa shape index (κ3) is 4.37. The predicted molar refractivity (Wildman–Crippen MR) is 119 cm³/mol. The van der Waals surface area contributed by atoms with Crippen LogP contribution in [0, 0.1) is 19.7 Å². The van der Waals surface area contributed by atoms with Gasteiger partial charge in [0.2, 0.25) is 10.0 Å². The molecule has 0 unspecified atom stereocenters. The van der Waals surface area contributed by atoms with Gasteiger partial charge in [-0.15, -0.1) is 0 Å². The molecule has 3 rings (SSSR count). The highest BCUT2D eigenvalue weighted by Gasteiger charge is 2.24. The molecular formula is C22H25FN4O4S. The van der Waals surface area contributed by atoms with E-state index in [1.807, 2.05) is 0 Å². The average molecular weight is 461 g/mol. The van der Waals surface area contributed by atoms with Crippen molar-refractivity contribution in [2.75, 3.05) is 18.4 Å². The lowest BCUT2D eigenvalue weighted by atomic mass is 10.1. The number of nitrogens with one attached hydrogen (secondary N) is 1. The summed E-state index contributed by atoms with van der Waals surface area (Å²) < 4.78 is 41.6. The molecule has 0 atom stereocenters. The van der Waals surface area contributed by atoms with Crippen molar-refractivity contribution in [2.24, 2.45) is 0 Å². The quantitative estimate of drug-likeness (QED) is 0.524. The number of sulfonamides is 1. The largest absolute Gasteiger partial charge is 0.506 e. The molecule has 0 aliphatic heterocycles. The van der Waals surface area contributed by atoms with Crippen LogP contribution < -0.4 is 5.32 Å². The van der Waals surface area contributed by atoms with Crippen LogP contribution in [0.25, 0.3) is 5.69 Å². The van der Waals surface area contributed by atoms with E-state index < -0.39 is 15.9 Å². The molecular weight excluding hydrogens is 435 g/mol. The summed E-state index contributed by atoms with van der Waals surface area (Å²) in [7, 11) is -3.77. The molecule has 32 heavy (non-hydrogen) atoms. The number of amides is 1. The molecule has 1 amide bonds. The molecule has 3 aromatic rings. The van der Waals surface area contributed by atoms with Crippen molar-refractivity contribution in [1.82, 2.24) is 14.1 Å². The minimum Gasteiger partial charge on any atom is -0.506 e. The normalized spacial score (nSPS) is 11.7. The first-order chi connectivity index (χ1) is 15.1. The number of aryl methyl sites for hydroxylation is 1. The second-order valence-electron chi connectivity index (χ2n) is 7.16. The molecule has 1 heterocycles. The molecule has 0 fully saturated rings. The summed E-state index contributed by atoms with van der Waals surface area (Å²) in [4.78, 5) is 13.0. The van der Waals surface area contributed by atoms with Crippen LogP contribution in [0.2, 0.25) is 0 Å². The third-order valence-electron chi connectivity index (χ3n) is 5.15. The number of aromatic hydroxyl groups is 1. The molecule has 1 aromatic heterocycles. The van der Waals surface area contributed by atoms with E-state index >= 15 is 0 Å². The fourth-order valence-electron chi connectivity index (χ4n) is 3.48. The summed E-state index contributed by atoms with van der Waals surface area (Å²) in [5.41, 5.74) is 1.76. The zero-order chi connectivity index (χ0) is 23.6. The van der Waals surface area contributed by atoms with Crippen LogP contribution in [0.3, 0.4) is 0 Å². The molecule has 2 aromatic carbocycles. The van der Waals surface area contributed by atoms with Crippen molar-refractivity contribution in [2.45, 2.75) is 32.6 Å². The minimum atomic E-state index is -3.77. The summed E-state index contributed by atoms with van der Waals surface area (Å²) in [5, 5.41) is 17.2. The number of rotatable bonds is 7. The van der Waals surface area contributed by atoms with Crippen molar-refractivity contribution in [3.05, 3.63) is 65.2 Å². The van der Waals surface area contributed by atoms with Gasteiger partial charge in [-0.3, -0.25) is 4.79 Å². The zero-order valence-corrected chi connectivity index (χ0v) is 19.1. The van der Waals surface area contributed by atoms with Gasteiger partial charge in [0.05, 0.1) is 33.2 Å². The van der Waals surface area contributed by atoms with Gasteiger partial charge in [0.1, 0.15) is 11.6 Å². The minimum absolute atomic E-state index is 0.0310. The first kappa shape index (κ1) is 23.4. The molecule has 0 radical (unpaired) electrons. The lowest BCUT2D eigenvalue weighted by Gasteiger charge is -2.19. The molecule has 8 nitrogen and oxygen atoms in total. The van der Waals surface area contributed by atoms with Crippen molar-refractivity contribution in [3.63, 3.8) is 0 Å². The number of phenolic OH excluding ortho intramolecular Hbond substituents is 1. The van der Waals surface area contributed by atoms with E-state index in [1.165, 1.54) is 39.3 Å². The number of phenols is 1. The summed E-state index contributed by atoms with van der Waals surface area (Å²) in [6.07, 6.45) is 0. The highest BCUT2D eigenvalue weighted by atomic mass is 32.2.